The second-order valence-corrected chi connectivity index (χ2v) is 4.41. The molecule has 1 aliphatic heterocycles. The third kappa shape index (κ3) is 1.40. The average molecular weight is 190 g/mol. The Morgan fingerprint density at radius 1 is 1.43 bits per heavy atom. The van der Waals surface area contributed by atoms with Crippen molar-refractivity contribution in [1.29, 1.82) is 0 Å². The predicted molar refractivity (Wildman–Crippen MR) is 60.6 cm³/mol. The molecule has 0 amide bonds. The van der Waals surface area contributed by atoms with Crippen LogP contribution in [0, 0.1) is 6.92 Å². The van der Waals surface area contributed by atoms with E-state index in [0.29, 0.717) is 6.04 Å². The largest absolute Gasteiger partial charge is 0.367 e. The maximum atomic E-state index is 6.10. The van der Waals surface area contributed by atoms with Crippen molar-refractivity contribution in [3.05, 3.63) is 29.3 Å². The summed E-state index contributed by atoms with van der Waals surface area (Å²) >= 11 is 0. The monoisotopic (exact) mass is 190 g/mol. The van der Waals surface area contributed by atoms with Gasteiger partial charge in [-0.1, -0.05) is 17.7 Å². The first-order chi connectivity index (χ1) is 6.59. The van der Waals surface area contributed by atoms with Crippen LogP contribution >= 0.6 is 0 Å². The molecular weight excluding hydrogens is 172 g/mol. The van der Waals surface area contributed by atoms with Gasteiger partial charge in [-0.2, -0.15) is 0 Å². The number of benzene rings is 1. The van der Waals surface area contributed by atoms with Gasteiger partial charge in [-0.25, -0.2) is 0 Å². The van der Waals surface area contributed by atoms with E-state index in [2.05, 4.69) is 43.9 Å². The van der Waals surface area contributed by atoms with Gasteiger partial charge in [-0.05, 0) is 32.4 Å². The zero-order valence-electron chi connectivity index (χ0n) is 9.12. The number of aryl methyl sites for hydroxylation is 1. The van der Waals surface area contributed by atoms with Crippen LogP contribution in [0.5, 0.6) is 0 Å². The molecule has 0 aliphatic carbocycles. The van der Waals surface area contributed by atoms with Crippen LogP contribution in [0.2, 0.25) is 0 Å². The fraction of sp³-hybridized carbons (Fsp3) is 0.500. The molecule has 1 heterocycles. The van der Waals surface area contributed by atoms with Crippen LogP contribution in [0.25, 0.3) is 0 Å². The average Bonchev–Trinajstić information content (AvgIpc) is 2.44. The maximum Gasteiger partial charge on any atom is 0.0494 e. The summed E-state index contributed by atoms with van der Waals surface area (Å²) in [6.45, 7) is 7.49. The molecule has 76 valence electrons. The summed E-state index contributed by atoms with van der Waals surface area (Å²) in [7, 11) is 0. The number of nitrogens with two attached hydrogens (primary N) is 1. The van der Waals surface area contributed by atoms with Crippen molar-refractivity contribution in [3.63, 3.8) is 0 Å². The van der Waals surface area contributed by atoms with Gasteiger partial charge in [-0.3, -0.25) is 0 Å². The lowest BCUT2D eigenvalue weighted by Gasteiger charge is -2.24. The highest BCUT2D eigenvalue weighted by Crippen LogP contribution is 2.35. The molecular formula is C12H18N2. The number of anilines is 1. The lowest BCUT2D eigenvalue weighted by molar-refractivity contribution is 0.657. The molecule has 1 unspecified atom stereocenters. The van der Waals surface area contributed by atoms with E-state index in [1.165, 1.54) is 16.8 Å². The zero-order chi connectivity index (χ0) is 10.3. The third-order valence-corrected chi connectivity index (χ3v) is 2.91. The smallest absolute Gasteiger partial charge is 0.0494 e. The second-order valence-electron chi connectivity index (χ2n) is 4.41. The molecule has 0 saturated heterocycles. The van der Waals surface area contributed by atoms with E-state index in [0.717, 1.165) is 6.54 Å². The summed E-state index contributed by atoms with van der Waals surface area (Å²) in [6, 6.07) is 7.28. The lowest BCUT2D eigenvalue weighted by atomic mass is 10.1. The number of nitrogens with zero attached hydrogens (tertiary/aromatic N) is 1. The second kappa shape index (κ2) is 3.28. The van der Waals surface area contributed by atoms with Gasteiger partial charge in [0.1, 0.15) is 0 Å². The third-order valence-electron chi connectivity index (χ3n) is 2.91. The molecule has 0 saturated carbocycles. The first kappa shape index (κ1) is 9.53. The molecule has 2 rings (SSSR count). The summed E-state index contributed by atoms with van der Waals surface area (Å²) in [5.74, 6) is 0. The molecule has 1 aromatic carbocycles. The van der Waals surface area contributed by atoms with Crippen molar-refractivity contribution in [2.75, 3.05) is 11.4 Å². The van der Waals surface area contributed by atoms with Crippen LogP contribution in [-0.2, 0) is 0 Å². The highest BCUT2D eigenvalue weighted by molar-refractivity contribution is 5.61. The Kier molecular flexibility index (Phi) is 2.23. The van der Waals surface area contributed by atoms with Crippen molar-refractivity contribution < 1.29 is 0 Å². The molecule has 0 aromatic heterocycles. The number of hydrogen-bond donors (Lipinski definition) is 1. The van der Waals surface area contributed by atoms with Crippen LogP contribution < -0.4 is 10.6 Å². The van der Waals surface area contributed by atoms with Gasteiger partial charge in [-0.15, -0.1) is 0 Å². The Labute approximate surface area is 85.7 Å². The Hall–Kier alpha value is -1.02. The van der Waals surface area contributed by atoms with Gasteiger partial charge < -0.3 is 10.6 Å². The van der Waals surface area contributed by atoms with Gasteiger partial charge in [0.05, 0.1) is 0 Å². The summed E-state index contributed by atoms with van der Waals surface area (Å²) in [6.07, 6.45) is 0. The topological polar surface area (TPSA) is 29.3 Å². The lowest BCUT2D eigenvalue weighted by Crippen LogP contribution is -2.30. The Bertz CT molecular complexity index is 344. The molecule has 1 aliphatic rings. The van der Waals surface area contributed by atoms with Crippen LogP contribution in [0.1, 0.15) is 31.0 Å². The number of rotatable bonds is 1. The minimum Gasteiger partial charge on any atom is -0.367 e. The molecule has 2 N–H and O–H groups in total. The summed E-state index contributed by atoms with van der Waals surface area (Å²) in [5, 5.41) is 0. The van der Waals surface area contributed by atoms with Gasteiger partial charge in [0.25, 0.3) is 0 Å². The highest BCUT2D eigenvalue weighted by atomic mass is 15.2. The predicted octanol–water partition coefficient (Wildman–Crippen LogP) is 2.22. The normalized spacial score (nSPS) is 20.4. The molecule has 14 heavy (non-hydrogen) atoms. The SMILES string of the molecule is Cc1ccc2c(c1)C(N)CN2C(C)C. The van der Waals surface area contributed by atoms with E-state index in [1.54, 1.807) is 0 Å². The Morgan fingerprint density at radius 3 is 2.79 bits per heavy atom. The molecule has 0 spiro atoms. The molecule has 1 aromatic rings. The highest BCUT2D eigenvalue weighted by Gasteiger charge is 2.27. The summed E-state index contributed by atoms with van der Waals surface area (Å²) in [4.78, 5) is 2.37. The molecule has 2 heteroatoms. The first-order valence-corrected chi connectivity index (χ1v) is 5.22. The fourth-order valence-corrected chi connectivity index (χ4v) is 2.13. The van der Waals surface area contributed by atoms with Gasteiger partial charge in [0.2, 0.25) is 0 Å². The molecule has 2 nitrogen and oxygen atoms in total. The summed E-state index contributed by atoms with van der Waals surface area (Å²) in [5.41, 5.74) is 10.0. The van der Waals surface area contributed by atoms with E-state index in [9.17, 15) is 0 Å². The van der Waals surface area contributed by atoms with E-state index in [4.69, 9.17) is 5.73 Å². The van der Waals surface area contributed by atoms with Crippen molar-refractivity contribution in [2.45, 2.75) is 32.9 Å². The van der Waals surface area contributed by atoms with Crippen LogP contribution in [0.3, 0.4) is 0 Å². The van der Waals surface area contributed by atoms with Gasteiger partial charge in [0, 0.05) is 24.3 Å². The van der Waals surface area contributed by atoms with Gasteiger partial charge >= 0.3 is 0 Å². The van der Waals surface area contributed by atoms with E-state index >= 15 is 0 Å². The molecule has 0 radical (unpaired) electrons. The standard InChI is InChI=1S/C12H18N2/c1-8(2)14-7-11(13)10-6-9(3)4-5-12(10)14/h4-6,8,11H,7,13H2,1-3H3. The minimum absolute atomic E-state index is 0.187. The molecule has 0 bridgehead atoms. The van der Waals surface area contributed by atoms with E-state index in [1.807, 2.05) is 0 Å². The molecule has 0 fully saturated rings. The zero-order valence-corrected chi connectivity index (χ0v) is 9.12. The Morgan fingerprint density at radius 2 is 2.14 bits per heavy atom. The minimum atomic E-state index is 0.187. The Balaban J connectivity index is 2.44. The van der Waals surface area contributed by atoms with E-state index in [-0.39, 0.29) is 6.04 Å². The van der Waals surface area contributed by atoms with Crippen LogP contribution in [0.4, 0.5) is 5.69 Å². The molecule has 1 atom stereocenters. The summed E-state index contributed by atoms with van der Waals surface area (Å²) < 4.78 is 0. The maximum absolute atomic E-state index is 6.10. The van der Waals surface area contributed by atoms with Crippen molar-refractivity contribution in [1.82, 2.24) is 0 Å². The fourth-order valence-electron chi connectivity index (χ4n) is 2.13. The number of fused-ring (bicyclic) bond motifs is 1. The quantitative estimate of drug-likeness (QED) is 0.735. The van der Waals surface area contributed by atoms with Crippen molar-refractivity contribution in [3.8, 4) is 0 Å². The van der Waals surface area contributed by atoms with Crippen LogP contribution in [-0.4, -0.2) is 12.6 Å². The van der Waals surface area contributed by atoms with Crippen LogP contribution in [0.15, 0.2) is 18.2 Å². The first-order valence-electron chi connectivity index (χ1n) is 5.22. The number of hydrogen-bond acceptors (Lipinski definition) is 2. The van der Waals surface area contributed by atoms with E-state index < -0.39 is 0 Å². The van der Waals surface area contributed by atoms with Crippen molar-refractivity contribution >= 4 is 5.69 Å². The van der Waals surface area contributed by atoms with Crippen molar-refractivity contribution in [2.24, 2.45) is 5.73 Å². The van der Waals surface area contributed by atoms with Gasteiger partial charge in [0.15, 0.2) is 0 Å².